The van der Waals surface area contributed by atoms with Gasteiger partial charge in [-0.1, -0.05) is 33.6 Å². The minimum atomic E-state index is -0.189. The lowest BCUT2D eigenvalue weighted by Crippen LogP contribution is -2.36. The fourth-order valence-corrected chi connectivity index (χ4v) is 4.20. The van der Waals surface area contributed by atoms with Crippen LogP contribution in [-0.4, -0.2) is 27.5 Å². The highest BCUT2D eigenvalue weighted by atomic mass is 79.9. The summed E-state index contributed by atoms with van der Waals surface area (Å²) in [5.74, 6) is -0.189. The van der Waals surface area contributed by atoms with E-state index in [2.05, 4.69) is 25.8 Å². The van der Waals surface area contributed by atoms with Gasteiger partial charge in [-0.2, -0.15) is 0 Å². The molecule has 1 aliphatic rings. The summed E-state index contributed by atoms with van der Waals surface area (Å²) < 4.78 is 16.6. The van der Waals surface area contributed by atoms with E-state index in [9.17, 15) is 9.18 Å². The van der Waals surface area contributed by atoms with Gasteiger partial charge < -0.3 is 4.98 Å². The van der Waals surface area contributed by atoms with Crippen molar-refractivity contribution in [2.24, 2.45) is 0 Å². The topological polar surface area (TPSA) is 41.0 Å². The highest BCUT2D eigenvalue weighted by Gasteiger charge is 2.24. The predicted molar refractivity (Wildman–Crippen MR) is 105 cm³/mol. The van der Waals surface area contributed by atoms with Crippen molar-refractivity contribution >= 4 is 38.6 Å². The van der Waals surface area contributed by atoms with Crippen molar-refractivity contribution in [3.05, 3.63) is 67.8 Å². The van der Waals surface area contributed by atoms with Crippen molar-refractivity contribution in [2.75, 3.05) is 13.1 Å². The zero-order valence-electron chi connectivity index (χ0n) is 14.0. The van der Waals surface area contributed by atoms with Gasteiger partial charge in [0, 0.05) is 40.7 Å². The molecule has 1 N–H and O–H groups in total. The van der Waals surface area contributed by atoms with E-state index in [1.807, 2.05) is 22.8 Å². The first-order chi connectivity index (χ1) is 12.5. The van der Waals surface area contributed by atoms with E-state index in [0.717, 1.165) is 41.4 Å². The van der Waals surface area contributed by atoms with Gasteiger partial charge in [0.05, 0.1) is 11.0 Å². The minimum absolute atomic E-state index is 0.0975. The highest BCUT2D eigenvalue weighted by molar-refractivity contribution is 9.10. The van der Waals surface area contributed by atoms with E-state index < -0.39 is 0 Å². The molecule has 1 fully saturated rings. The van der Waals surface area contributed by atoms with E-state index in [4.69, 9.17) is 11.6 Å². The van der Waals surface area contributed by atoms with E-state index in [1.54, 1.807) is 12.1 Å². The number of halogens is 3. The van der Waals surface area contributed by atoms with Gasteiger partial charge >= 0.3 is 5.69 Å². The molecule has 0 aliphatic carbocycles. The first-order valence-corrected chi connectivity index (χ1v) is 9.74. The van der Waals surface area contributed by atoms with Crippen LogP contribution in [-0.2, 0) is 6.54 Å². The number of nitrogens with zero attached hydrogens (tertiary/aromatic N) is 2. The summed E-state index contributed by atoms with van der Waals surface area (Å²) >= 11 is 9.30. The number of piperidine rings is 1. The van der Waals surface area contributed by atoms with E-state index >= 15 is 0 Å². The van der Waals surface area contributed by atoms with Gasteiger partial charge in [-0.15, -0.1) is 0 Å². The number of imidazole rings is 1. The standard InChI is InChI=1S/C19H18BrClFN3O/c20-13-2-1-12(16(22)9-13)11-24-7-5-15(6-8-24)25-18-4-3-14(21)10-17(18)23-19(25)26/h1-4,9-10,15H,5-8,11H2,(H,23,26). The number of H-pyrrole nitrogens is 1. The van der Waals surface area contributed by atoms with E-state index in [-0.39, 0.29) is 17.5 Å². The number of hydrogen-bond donors (Lipinski definition) is 1. The van der Waals surface area contributed by atoms with Crippen molar-refractivity contribution < 1.29 is 4.39 Å². The Morgan fingerprint density at radius 2 is 1.96 bits per heavy atom. The molecule has 4 nitrogen and oxygen atoms in total. The number of aromatic amines is 1. The molecule has 0 bridgehead atoms. The fraction of sp³-hybridized carbons (Fsp3) is 0.316. The van der Waals surface area contributed by atoms with Crippen LogP contribution in [0.5, 0.6) is 0 Å². The van der Waals surface area contributed by atoms with Crippen molar-refractivity contribution in [1.29, 1.82) is 0 Å². The summed E-state index contributed by atoms with van der Waals surface area (Å²) in [7, 11) is 0. The molecular weight excluding hydrogens is 421 g/mol. The molecule has 4 rings (SSSR count). The summed E-state index contributed by atoms with van der Waals surface area (Å²) in [5.41, 5.74) is 2.25. The maximum atomic E-state index is 14.0. The molecule has 0 atom stereocenters. The van der Waals surface area contributed by atoms with Crippen LogP contribution in [0, 0.1) is 5.82 Å². The predicted octanol–water partition coefficient (Wildman–Crippen LogP) is 4.72. The Hall–Kier alpha value is -1.63. The third-order valence-electron chi connectivity index (χ3n) is 5.01. The Morgan fingerprint density at radius 3 is 2.69 bits per heavy atom. The van der Waals surface area contributed by atoms with E-state index in [0.29, 0.717) is 17.1 Å². The van der Waals surface area contributed by atoms with Gasteiger partial charge in [0.1, 0.15) is 5.82 Å². The van der Waals surface area contributed by atoms with Crippen LogP contribution in [0.1, 0.15) is 24.4 Å². The molecule has 7 heteroatoms. The third kappa shape index (κ3) is 3.46. The zero-order chi connectivity index (χ0) is 18.3. The highest BCUT2D eigenvalue weighted by Crippen LogP contribution is 2.27. The maximum Gasteiger partial charge on any atom is 0.326 e. The van der Waals surface area contributed by atoms with Crippen molar-refractivity contribution in [3.8, 4) is 0 Å². The van der Waals surface area contributed by atoms with Crippen LogP contribution in [0.2, 0.25) is 5.02 Å². The number of benzene rings is 2. The van der Waals surface area contributed by atoms with Crippen molar-refractivity contribution in [3.63, 3.8) is 0 Å². The van der Waals surface area contributed by atoms with Gasteiger partial charge in [0.2, 0.25) is 0 Å². The third-order valence-corrected chi connectivity index (χ3v) is 5.74. The second kappa shape index (κ2) is 7.18. The Balaban J connectivity index is 1.49. The van der Waals surface area contributed by atoms with Gasteiger partial charge in [0.25, 0.3) is 0 Å². The Labute approximate surface area is 163 Å². The summed E-state index contributed by atoms with van der Waals surface area (Å²) in [4.78, 5) is 17.5. The SMILES string of the molecule is O=c1[nH]c2cc(Cl)ccc2n1C1CCN(Cc2ccc(Br)cc2F)CC1. The monoisotopic (exact) mass is 437 g/mol. The quantitative estimate of drug-likeness (QED) is 0.643. The summed E-state index contributed by atoms with van der Waals surface area (Å²) in [6.07, 6.45) is 1.71. The Morgan fingerprint density at radius 1 is 1.19 bits per heavy atom. The second-order valence-electron chi connectivity index (χ2n) is 6.70. The smallest absolute Gasteiger partial charge is 0.305 e. The minimum Gasteiger partial charge on any atom is -0.305 e. The molecule has 0 unspecified atom stereocenters. The Kier molecular flexibility index (Phi) is 4.90. The van der Waals surface area contributed by atoms with Crippen molar-refractivity contribution in [1.82, 2.24) is 14.5 Å². The summed E-state index contributed by atoms with van der Waals surface area (Å²) in [6.45, 7) is 2.24. The summed E-state index contributed by atoms with van der Waals surface area (Å²) in [6, 6.07) is 10.8. The van der Waals surface area contributed by atoms with Gasteiger partial charge in [-0.05, 0) is 43.2 Å². The lowest BCUT2D eigenvalue weighted by atomic mass is 10.0. The normalized spacial score (nSPS) is 16.4. The number of hydrogen-bond acceptors (Lipinski definition) is 2. The molecule has 2 heterocycles. The van der Waals surface area contributed by atoms with Crippen LogP contribution in [0.25, 0.3) is 11.0 Å². The molecule has 2 aromatic carbocycles. The summed E-state index contributed by atoms with van der Waals surface area (Å²) in [5, 5.41) is 0.609. The molecule has 1 aliphatic heterocycles. The average molecular weight is 439 g/mol. The number of likely N-dealkylation sites (tertiary alicyclic amines) is 1. The number of fused-ring (bicyclic) bond motifs is 1. The van der Waals surface area contributed by atoms with Crippen LogP contribution in [0.3, 0.4) is 0 Å². The van der Waals surface area contributed by atoms with Crippen LogP contribution in [0.4, 0.5) is 4.39 Å². The molecule has 136 valence electrons. The Bertz CT molecular complexity index is 1010. The number of aromatic nitrogens is 2. The number of rotatable bonds is 3. The fourth-order valence-electron chi connectivity index (χ4n) is 3.69. The van der Waals surface area contributed by atoms with Crippen LogP contribution in [0.15, 0.2) is 45.7 Å². The van der Waals surface area contributed by atoms with Gasteiger partial charge in [-0.25, -0.2) is 9.18 Å². The van der Waals surface area contributed by atoms with Gasteiger partial charge in [-0.3, -0.25) is 9.47 Å². The molecule has 26 heavy (non-hydrogen) atoms. The maximum absolute atomic E-state index is 14.0. The molecule has 0 amide bonds. The largest absolute Gasteiger partial charge is 0.326 e. The second-order valence-corrected chi connectivity index (χ2v) is 8.06. The lowest BCUT2D eigenvalue weighted by molar-refractivity contribution is 0.178. The van der Waals surface area contributed by atoms with Crippen LogP contribution >= 0.6 is 27.5 Å². The molecule has 1 aromatic heterocycles. The van der Waals surface area contributed by atoms with Crippen LogP contribution < -0.4 is 5.69 Å². The molecule has 3 aromatic rings. The first kappa shape index (κ1) is 17.8. The first-order valence-electron chi connectivity index (χ1n) is 8.57. The van der Waals surface area contributed by atoms with Gasteiger partial charge in [0.15, 0.2) is 0 Å². The van der Waals surface area contributed by atoms with E-state index in [1.165, 1.54) is 6.07 Å². The number of nitrogens with one attached hydrogen (secondary N) is 1. The molecule has 0 radical (unpaired) electrons. The molecule has 1 saturated heterocycles. The lowest BCUT2D eigenvalue weighted by Gasteiger charge is -2.32. The molecule has 0 spiro atoms. The zero-order valence-corrected chi connectivity index (χ0v) is 16.4. The van der Waals surface area contributed by atoms with Crippen molar-refractivity contribution in [2.45, 2.75) is 25.4 Å². The molecule has 0 saturated carbocycles. The molecular formula is C19H18BrClFN3O. The average Bonchev–Trinajstić information content (AvgIpc) is 2.93.